The van der Waals surface area contributed by atoms with Crippen molar-refractivity contribution < 1.29 is 37.5 Å². The zero-order chi connectivity index (χ0) is 49.9. The van der Waals surface area contributed by atoms with Crippen LogP contribution in [0.5, 0.6) is 0 Å². The average Bonchev–Trinajstić information content (AvgIpc) is 4.10. The highest BCUT2D eigenvalue weighted by Gasteiger charge is 2.53. The number of thioether (sulfide) groups is 1. The Morgan fingerprint density at radius 2 is 1.19 bits per heavy atom. The summed E-state index contributed by atoms with van der Waals surface area (Å²) in [6.07, 6.45) is -4.76. The molecule has 2 unspecified atom stereocenters. The van der Waals surface area contributed by atoms with Gasteiger partial charge in [-0.15, -0.1) is 10.2 Å². The number of allylic oxidation sites excluding steroid dienone is 1. The van der Waals surface area contributed by atoms with Crippen LogP contribution in [0.4, 0.5) is 18.3 Å². The first-order valence-corrected chi connectivity index (χ1v) is 25.0. The first kappa shape index (κ1) is 47.7. The molecular formula is C54H39F3N7O5S3-. The molecule has 2 N–H and O–H groups in total. The fraction of sp³-hybridized carbons (Fsp3) is 0.130. The molecule has 2 atom stereocenters. The van der Waals surface area contributed by atoms with Gasteiger partial charge in [0.15, 0.2) is 15.2 Å². The molecule has 0 radical (unpaired) electrons. The van der Waals surface area contributed by atoms with Crippen molar-refractivity contribution in [2.45, 2.75) is 46.6 Å². The van der Waals surface area contributed by atoms with Gasteiger partial charge in [0, 0.05) is 21.6 Å². The summed E-state index contributed by atoms with van der Waals surface area (Å²) in [6.45, 7) is 0. The number of carboxylic acid groups (broad SMARTS) is 1. The smallest absolute Gasteiger partial charge is 0.427 e. The van der Waals surface area contributed by atoms with E-state index in [4.69, 9.17) is 4.84 Å². The molecule has 12 nitrogen and oxygen atoms in total. The number of rotatable bonds is 16. The summed E-state index contributed by atoms with van der Waals surface area (Å²) in [5.41, 5.74) is -0.0691. The first-order valence-electron chi connectivity index (χ1n) is 22.5. The van der Waals surface area contributed by atoms with Crippen molar-refractivity contribution in [1.29, 1.82) is 0 Å². The second-order valence-corrected chi connectivity index (χ2v) is 19.8. The molecule has 18 heteroatoms. The fourth-order valence-electron chi connectivity index (χ4n) is 9.29. The zero-order valence-corrected chi connectivity index (χ0v) is 40.1. The monoisotopic (exact) mass is 1020 g/mol. The van der Waals surface area contributed by atoms with Crippen molar-refractivity contribution >= 4 is 63.1 Å². The predicted molar refractivity (Wildman–Crippen MR) is 266 cm³/mol. The lowest BCUT2D eigenvalue weighted by molar-refractivity contribution is -0.302. The molecule has 72 heavy (non-hydrogen) atoms. The highest BCUT2D eigenvalue weighted by Crippen LogP contribution is 2.47. The van der Waals surface area contributed by atoms with E-state index in [9.17, 15) is 14.7 Å². The van der Waals surface area contributed by atoms with Crippen LogP contribution in [0.3, 0.4) is 0 Å². The van der Waals surface area contributed by atoms with Gasteiger partial charge >= 0.3 is 6.18 Å². The average molecular weight is 1020 g/mol. The third-order valence-corrected chi connectivity index (χ3v) is 15.4. The number of alkyl halides is 3. The number of nitrogens with zero attached hydrogens (tertiary/aromatic N) is 5. The van der Waals surface area contributed by atoms with Gasteiger partial charge < -0.3 is 30.3 Å². The summed E-state index contributed by atoms with van der Waals surface area (Å²) < 4.78 is 48.0. The van der Waals surface area contributed by atoms with E-state index in [0.717, 1.165) is 16.7 Å². The number of anilines is 1. The van der Waals surface area contributed by atoms with Crippen LogP contribution >= 0.6 is 34.4 Å². The summed E-state index contributed by atoms with van der Waals surface area (Å²) in [5.74, 6) is -3.66. The number of aromatic nitrogens is 3. The molecule has 4 heterocycles. The molecule has 6 aromatic carbocycles. The Balaban J connectivity index is 1.13. The van der Waals surface area contributed by atoms with Gasteiger partial charge in [0.1, 0.15) is 27.7 Å². The first-order chi connectivity index (χ1) is 35.0. The molecule has 0 aliphatic carbocycles. The quantitative estimate of drug-likeness (QED) is 0.0413. The molecule has 2 aliphatic rings. The van der Waals surface area contributed by atoms with Crippen LogP contribution in [0.25, 0.3) is 0 Å². The van der Waals surface area contributed by atoms with E-state index in [1.807, 2.05) is 91.0 Å². The maximum absolute atomic E-state index is 15.8. The van der Waals surface area contributed by atoms with E-state index < -0.39 is 63.5 Å². The number of oxime groups is 1. The molecule has 2 aliphatic heterocycles. The van der Waals surface area contributed by atoms with E-state index in [2.05, 4.69) is 31.0 Å². The summed E-state index contributed by atoms with van der Waals surface area (Å²) in [4.78, 5) is 53.3. The van der Waals surface area contributed by atoms with E-state index in [0.29, 0.717) is 42.6 Å². The third kappa shape index (κ3) is 8.92. The summed E-state index contributed by atoms with van der Waals surface area (Å²) in [6, 6.07) is 52.1. The zero-order valence-electron chi connectivity index (χ0n) is 37.6. The third-order valence-electron chi connectivity index (χ3n) is 12.5. The minimum absolute atomic E-state index is 0.164. The second kappa shape index (κ2) is 20.1. The number of β-lactam (4-membered cyclic amide) rings is 1. The molecule has 1 fully saturated rings. The van der Waals surface area contributed by atoms with Gasteiger partial charge in [0.05, 0.1) is 17.7 Å². The van der Waals surface area contributed by atoms with Gasteiger partial charge in [0.25, 0.3) is 11.8 Å². The number of aliphatic carboxylic acids is 1. The molecule has 360 valence electrons. The van der Waals surface area contributed by atoms with Crippen LogP contribution in [0, 0.1) is 0 Å². The molecule has 2 aromatic heterocycles. The largest absolute Gasteiger partial charge is 0.543 e. The highest BCUT2D eigenvalue weighted by molar-refractivity contribution is 8.04. The van der Waals surface area contributed by atoms with Gasteiger partial charge in [-0.2, -0.15) is 13.2 Å². The van der Waals surface area contributed by atoms with Crippen LogP contribution in [0.15, 0.2) is 208 Å². The van der Waals surface area contributed by atoms with E-state index in [-0.39, 0.29) is 35.0 Å². The summed E-state index contributed by atoms with van der Waals surface area (Å²) in [7, 11) is 0. The normalized spacial score (nSPS) is 16.1. The van der Waals surface area contributed by atoms with Crippen molar-refractivity contribution in [3.8, 4) is 0 Å². The number of amides is 2. The van der Waals surface area contributed by atoms with Crippen molar-refractivity contribution in [2.24, 2.45) is 5.16 Å². The Hall–Kier alpha value is -7.93. The summed E-state index contributed by atoms with van der Waals surface area (Å²) >= 11 is 2.51. The number of benzene rings is 6. The van der Waals surface area contributed by atoms with Crippen molar-refractivity contribution in [3.63, 3.8) is 0 Å². The van der Waals surface area contributed by atoms with Crippen molar-refractivity contribution in [1.82, 2.24) is 25.4 Å². The van der Waals surface area contributed by atoms with Crippen molar-refractivity contribution in [3.05, 3.63) is 242 Å². The van der Waals surface area contributed by atoms with Crippen LogP contribution in [-0.4, -0.2) is 55.7 Å². The Kier molecular flexibility index (Phi) is 13.3. The minimum atomic E-state index is -5.11. The molecule has 2 amide bonds. The van der Waals surface area contributed by atoms with Gasteiger partial charge in [-0.3, -0.25) is 9.59 Å². The fourth-order valence-corrected chi connectivity index (χ4v) is 11.9. The second-order valence-electron chi connectivity index (χ2n) is 16.6. The van der Waals surface area contributed by atoms with E-state index in [1.165, 1.54) is 16.8 Å². The molecule has 1 saturated heterocycles. The van der Waals surface area contributed by atoms with Crippen LogP contribution < -0.4 is 15.7 Å². The molecular weight excluding hydrogens is 980 g/mol. The Morgan fingerprint density at radius 1 is 0.722 bits per heavy atom. The van der Waals surface area contributed by atoms with E-state index in [1.54, 1.807) is 91.0 Å². The van der Waals surface area contributed by atoms with Gasteiger partial charge in [0.2, 0.25) is 5.60 Å². The number of halogens is 3. The number of carbonyl (C=O) groups excluding carboxylic acids is 3. The maximum Gasteiger partial charge on any atom is 0.427 e. The lowest BCUT2D eigenvalue weighted by Gasteiger charge is -2.51. The van der Waals surface area contributed by atoms with Gasteiger partial charge in [-0.1, -0.05) is 222 Å². The van der Waals surface area contributed by atoms with Crippen LogP contribution in [0.1, 0.15) is 56.8 Å². The molecule has 8 aromatic rings. The molecule has 0 spiro atoms. The minimum Gasteiger partial charge on any atom is -0.543 e. The number of fused-ring (bicyclic) bond motifs is 1. The highest BCUT2D eigenvalue weighted by atomic mass is 32.2. The molecule has 10 rings (SSSR count). The number of hydrogen-bond acceptors (Lipinski definition) is 13. The van der Waals surface area contributed by atoms with Gasteiger partial charge in [-0.25, -0.2) is 4.98 Å². The Morgan fingerprint density at radius 3 is 1.62 bits per heavy atom. The predicted octanol–water partition coefficient (Wildman–Crippen LogP) is 9.37. The lowest BCUT2D eigenvalue weighted by Crippen LogP contribution is -2.72. The van der Waals surface area contributed by atoms with Crippen LogP contribution in [-0.2, 0) is 36.5 Å². The SMILES string of the molecule is O=C([O-])C1=C(Sc2nncs2)CCC2C(NC(=O)C(=NOC(c3ccccc3)(c3ccccc3)c3ccccc3)c3nc(NC(c4ccccc4)(c4ccccc4)c4ccccc4)sc3C(F)(F)F)C(=O)N12. The number of nitrogens with one attached hydrogen (secondary N) is 2. The van der Waals surface area contributed by atoms with Gasteiger partial charge in [-0.05, 0) is 29.5 Å². The van der Waals surface area contributed by atoms with E-state index >= 15 is 18.0 Å². The number of carboxylic acids is 1. The van der Waals surface area contributed by atoms with Crippen molar-refractivity contribution in [2.75, 3.05) is 5.32 Å². The standard InChI is InChI=1S/C54H40F3N7O5S3/c55-54(56,57)46-43(60-50(72-46)61-52(34-19-7-1-8-20-34,35-21-9-2-10-22-35)36-23-11-3-12-24-36)44(47(65)59-42-40-31-32-41(71-51-62-58-33-70-51)45(49(67)68)64(40)48(42)66)63-69-53(37-25-13-4-14-26-37,38-27-15-5-16-28-38)39-29-17-6-18-30-39/h1-30,33,40,42H,31-32H2,(H,59,65)(H,60,61)(H,67,68)/p-1. The Labute approximate surface area is 423 Å². The van der Waals surface area contributed by atoms with Crippen LogP contribution in [0.2, 0.25) is 0 Å². The number of hydrogen-bond donors (Lipinski definition) is 2. The number of carbonyl (C=O) groups is 3. The molecule has 0 bridgehead atoms. The molecule has 0 saturated carbocycles. The lowest BCUT2D eigenvalue weighted by atomic mass is 9.77. The Bertz CT molecular complexity index is 3080. The topological polar surface area (TPSA) is 162 Å². The maximum atomic E-state index is 15.8. The summed E-state index contributed by atoms with van der Waals surface area (Å²) in [5, 5.41) is 30.7. The number of thiazole rings is 1.